The van der Waals surface area contributed by atoms with Gasteiger partial charge in [0.2, 0.25) is 10.0 Å². The summed E-state index contributed by atoms with van der Waals surface area (Å²) in [6.07, 6.45) is 1.31. The SMILES string of the molecule is CCCCN(CCO)S(=O)(=O)c1cc(N)c(F)cc1F. The van der Waals surface area contributed by atoms with Crippen molar-refractivity contribution in [3.05, 3.63) is 23.8 Å². The number of halogens is 2. The van der Waals surface area contributed by atoms with Gasteiger partial charge in [-0.15, -0.1) is 0 Å². The molecule has 3 N–H and O–H groups in total. The van der Waals surface area contributed by atoms with Crippen molar-refractivity contribution in [3.63, 3.8) is 0 Å². The Morgan fingerprint density at radius 1 is 1.25 bits per heavy atom. The number of aliphatic hydroxyl groups is 1. The molecule has 0 aliphatic carbocycles. The van der Waals surface area contributed by atoms with E-state index in [0.717, 1.165) is 16.8 Å². The first-order chi connectivity index (χ1) is 9.34. The molecule has 0 amide bonds. The number of nitrogens with zero attached hydrogens (tertiary/aromatic N) is 1. The lowest BCUT2D eigenvalue weighted by atomic mass is 10.3. The molecule has 114 valence electrons. The van der Waals surface area contributed by atoms with E-state index in [9.17, 15) is 17.2 Å². The lowest BCUT2D eigenvalue weighted by Crippen LogP contribution is -2.35. The third-order valence-electron chi connectivity index (χ3n) is 2.78. The Balaban J connectivity index is 3.22. The van der Waals surface area contributed by atoms with E-state index in [2.05, 4.69) is 0 Å². The molecule has 0 radical (unpaired) electrons. The van der Waals surface area contributed by atoms with Gasteiger partial charge in [-0.05, 0) is 12.5 Å². The standard InChI is InChI=1S/C12H18F2N2O3S/c1-2-3-4-16(5-6-17)20(18,19)12-8-11(15)9(13)7-10(12)14/h7-8,17H,2-6,15H2,1H3. The van der Waals surface area contributed by atoms with Gasteiger partial charge in [-0.25, -0.2) is 17.2 Å². The number of rotatable bonds is 7. The quantitative estimate of drug-likeness (QED) is 0.744. The van der Waals surface area contributed by atoms with Crippen LogP contribution in [0.1, 0.15) is 19.8 Å². The minimum absolute atomic E-state index is 0.149. The fourth-order valence-corrected chi connectivity index (χ4v) is 3.23. The third kappa shape index (κ3) is 3.65. The van der Waals surface area contributed by atoms with Gasteiger partial charge < -0.3 is 10.8 Å². The van der Waals surface area contributed by atoms with E-state index in [1.807, 2.05) is 6.92 Å². The van der Waals surface area contributed by atoms with E-state index in [1.54, 1.807) is 0 Å². The molecule has 0 saturated heterocycles. The second-order valence-corrected chi connectivity index (χ2v) is 6.19. The molecular formula is C12H18F2N2O3S. The second kappa shape index (κ2) is 6.96. The van der Waals surface area contributed by atoms with Crippen LogP contribution in [0.5, 0.6) is 0 Å². The van der Waals surface area contributed by atoms with Crippen LogP contribution in [0.3, 0.4) is 0 Å². The van der Waals surface area contributed by atoms with Gasteiger partial charge in [0.1, 0.15) is 16.5 Å². The van der Waals surface area contributed by atoms with Crippen LogP contribution in [0, 0.1) is 11.6 Å². The molecule has 5 nitrogen and oxygen atoms in total. The Morgan fingerprint density at radius 3 is 2.45 bits per heavy atom. The highest BCUT2D eigenvalue weighted by atomic mass is 32.2. The highest BCUT2D eigenvalue weighted by Gasteiger charge is 2.27. The Morgan fingerprint density at radius 2 is 1.90 bits per heavy atom. The molecule has 0 unspecified atom stereocenters. The van der Waals surface area contributed by atoms with Crippen LogP contribution >= 0.6 is 0 Å². The number of sulfonamides is 1. The number of hydrogen-bond acceptors (Lipinski definition) is 4. The first-order valence-corrected chi connectivity index (χ1v) is 7.64. The summed E-state index contributed by atoms with van der Waals surface area (Å²) in [5.41, 5.74) is 4.85. The van der Waals surface area contributed by atoms with E-state index in [-0.39, 0.29) is 19.7 Å². The summed E-state index contributed by atoms with van der Waals surface area (Å²) in [5, 5.41) is 8.93. The summed E-state index contributed by atoms with van der Waals surface area (Å²) >= 11 is 0. The highest BCUT2D eigenvalue weighted by Crippen LogP contribution is 2.24. The molecule has 0 spiro atoms. The number of nitrogen functional groups attached to an aromatic ring is 1. The zero-order valence-corrected chi connectivity index (χ0v) is 12.0. The van der Waals surface area contributed by atoms with Crippen LogP contribution in [0.25, 0.3) is 0 Å². The molecule has 0 aromatic heterocycles. The van der Waals surface area contributed by atoms with Crippen molar-refractivity contribution in [2.24, 2.45) is 0 Å². The van der Waals surface area contributed by atoms with Crippen molar-refractivity contribution in [1.82, 2.24) is 4.31 Å². The number of hydrogen-bond donors (Lipinski definition) is 2. The molecule has 0 saturated carbocycles. The topological polar surface area (TPSA) is 83.6 Å². The molecular weight excluding hydrogens is 290 g/mol. The molecule has 0 aliphatic rings. The summed E-state index contributed by atoms with van der Waals surface area (Å²) in [7, 11) is -4.15. The summed E-state index contributed by atoms with van der Waals surface area (Å²) < 4.78 is 52.4. The van der Waals surface area contributed by atoms with Crippen LogP contribution in [-0.2, 0) is 10.0 Å². The Labute approximate surface area is 117 Å². The van der Waals surface area contributed by atoms with Crippen molar-refractivity contribution in [2.45, 2.75) is 24.7 Å². The lowest BCUT2D eigenvalue weighted by Gasteiger charge is -2.21. The number of aliphatic hydroxyl groups excluding tert-OH is 1. The minimum atomic E-state index is -4.15. The van der Waals surface area contributed by atoms with Crippen molar-refractivity contribution < 1.29 is 22.3 Å². The van der Waals surface area contributed by atoms with Gasteiger partial charge in [0.15, 0.2) is 0 Å². The maximum absolute atomic E-state index is 13.7. The van der Waals surface area contributed by atoms with Gasteiger partial charge in [-0.3, -0.25) is 0 Å². The number of benzene rings is 1. The van der Waals surface area contributed by atoms with E-state index in [4.69, 9.17) is 10.8 Å². The lowest BCUT2D eigenvalue weighted by molar-refractivity contribution is 0.252. The first kappa shape index (κ1) is 16.8. The van der Waals surface area contributed by atoms with Crippen LogP contribution in [-0.4, -0.2) is 37.5 Å². The molecule has 1 aromatic carbocycles. The van der Waals surface area contributed by atoms with Gasteiger partial charge in [0, 0.05) is 19.2 Å². The fourth-order valence-electron chi connectivity index (χ4n) is 1.68. The molecule has 0 bridgehead atoms. The fraction of sp³-hybridized carbons (Fsp3) is 0.500. The van der Waals surface area contributed by atoms with Crippen molar-refractivity contribution in [2.75, 3.05) is 25.4 Å². The van der Waals surface area contributed by atoms with Gasteiger partial charge in [-0.1, -0.05) is 13.3 Å². The smallest absolute Gasteiger partial charge is 0.246 e. The number of unbranched alkanes of at least 4 members (excludes halogenated alkanes) is 1. The molecule has 0 fully saturated rings. The molecule has 0 heterocycles. The molecule has 0 aliphatic heterocycles. The molecule has 8 heteroatoms. The predicted molar refractivity (Wildman–Crippen MR) is 71.5 cm³/mol. The maximum Gasteiger partial charge on any atom is 0.246 e. The van der Waals surface area contributed by atoms with Crippen molar-refractivity contribution in [1.29, 1.82) is 0 Å². The van der Waals surface area contributed by atoms with Crippen LogP contribution in [0.2, 0.25) is 0 Å². The average Bonchev–Trinajstić information content (AvgIpc) is 2.38. The Hall–Kier alpha value is -1.25. The number of anilines is 1. The van der Waals surface area contributed by atoms with E-state index in [0.29, 0.717) is 12.5 Å². The summed E-state index contributed by atoms with van der Waals surface area (Å²) in [6, 6.07) is 1.20. The first-order valence-electron chi connectivity index (χ1n) is 6.20. The van der Waals surface area contributed by atoms with Crippen molar-refractivity contribution >= 4 is 15.7 Å². The van der Waals surface area contributed by atoms with E-state index in [1.165, 1.54) is 0 Å². The maximum atomic E-state index is 13.7. The average molecular weight is 308 g/mol. The third-order valence-corrected chi connectivity index (χ3v) is 4.69. The van der Waals surface area contributed by atoms with E-state index < -0.39 is 32.2 Å². The van der Waals surface area contributed by atoms with Gasteiger partial charge >= 0.3 is 0 Å². The van der Waals surface area contributed by atoms with Gasteiger partial charge in [-0.2, -0.15) is 4.31 Å². The van der Waals surface area contributed by atoms with Gasteiger partial charge in [0.25, 0.3) is 0 Å². The molecule has 1 rings (SSSR count). The normalized spacial score (nSPS) is 12.1. The molecule has 1 aromatic rings. The second-order valence-electron chi connectivity index (χ2n) is 4.29. The van der Waals surface area contributed by atoms with E-state index >= 15 is 0 Å². The summed E-state index contributed by atoms with van der Waals surface area (Å²) in [5.74, 6) is -2.21. The summed E-state index contributed by atoms with van der Waals surface area (Å²) in [4.78, 5) is -0.680. The van der Waals surface area contributed by atoms with Crippen LogP contribution in [0.4, 0.5) is 14.5 Å². The van der Waals surface area contributed by atoms with Gasteiger partial charge in [0.05, 0.1) is 12.3 Å². The van der Waals surface area contributed by atoms with Crippen LogP contribution < -0.4 is 5.73 Å². The molecule has 20 heavy (non-hydrogen) atoms. The summed E-state index contributed by atoms with van der Waals surface area (Å²) in [6.45, 7) is 1.48. The Bertz CT molecular complexity index is 564. The zero-order chi connectivity index (χ0) is 15.3. The molecule has 0 atom stereocenters. The number of nitrogens with two attached hydrogens (primary N) is 1. The zero-order valence-electron chi connectivity index (χ0n) is 11.1. The largest absolute Gasteiger partial charge is 0.396 e. The van der Waals surface area contributed by atoms with Crippen LogP contribution in [0.15, 0.2) is 17.0 Å². The highest BCUT2D eigenvalue weighted by molar-refractivity contribution is 7.89. The monoisotopic (exact) mass is 308 g/mol. The predicted octanol–water partition coefficient (Wildman–Crippen LogP) is 1.33. The minimum Gasteiger partial charge on any atom is -0.396 e. The Kier molecular flexibility index (Phi) is 5.85. The van der Waals surface area contributed by atoms with Crippen molar-refractivity contribution in [3.8, 4) is 0 Å².